The molecule has 11 nitrogen and oxygen atoms in total. The van der Waals surface area contributed by atoms with E-state index in [0.29, 0.717) is 34.9 Å². The van der Waals surface area contributed by atoms with Crippen LogP contribution >= 0.6 is 0 Å². The fourth-order valence-electron chi connectivity index (χ4n) is 16.4. The van der Waals surface area contributed by atoms with Crippen molar-refractivity contribution < 1.29 is 8.83 Å². The lowest BCUT2D eigenvalue weighted by Gasteiger charge is -2.13. The molecule has 22 rings (SSSR count). The van der Waals surface area contributed by atoms with Gasteiger partial charge in [-0.05, 0) is 123 Å². The minimum absolute atomic E-state index is 0.542. The summed E-state index contributed by atoms with van der Waals surface area (Å²) >= 11 is 0. The van der Waals surface area contributed by atoms with Crippen LogP contribution in [0.25, 0.3) is 235 Å². The first-order valence-electron chi connectivity index (χ1n) is 40.7. The number of hydrogen-bond acceptors (Lipinski definition) is 11. The highest BCUT2D eigenvalue weighted by atomic mass is 16.3. The summed E-state index contributed by atoms with van der Waals surface area (Å²) in [5.74, 6) is 3.54. The van der Waals surface area contributed by atoms with Gasteiger partial charge in [0.05, 0.1) is 34.2 Å². The normalized spacial score (nSPS) is 11.4. The quantitative estimate of drug-likeness (QED) is 0.0860. The third-order valence-electron chi connectivity index (χ3n) is 22.6. The van der Waals surface area contributed by atoms with Crippen LogP contribution in [-0.2, 0) is 0 Å². The van der Waals surface area contributed by atoms with E-state index in [-0.39, 0.29) is 0 Å². The van der Waals surface area contributed by atoms with Gasteiger partial charge in [0.1, 0.15) is 22.3 Å². The Morgan fingerprint density at radius 2 is 0.369 bits per heavy atom. The van der Waals surface area contributed by atoms with E-state index in [2.05, 4.69) is 273 Å². The molecule has 570 valence electrons. The summed E-state index contributed by atoms with van der Waals surface area (Å²) in [7, 11) is 0. The molecule has 11 heteroatoms. The van der Waals surface area contributed by atoms with Gasteiger partial charge in [0, 0.05) is 99.4 Å². The summed E-state index contributed by atoms with van der Waals surface area (Å²) in [6.07, 6.45) is 0. The molecule has 6 aromatic heterocycles. The molecule has 6 heterocycles. The number of nitrogens with zero attached hydrogens (tertiary/aromatic N) is 9. The molecule has 0 unspecified atom stereocenters. The second-order valence-corrected chi connectivity index (χ2v) is 30.4. The molecule has 22 aromatic rings. The molecule has 122 heavy (non-hydrogen) atoms. The van der Waals surface area contributed by atoms with E-state index in [1.807, 2.05) is 146 Å². The number of benzene rings is 16. The van der Waals surface area contributed by atoms with Gasteiger partial charge in [0.25, 0.3) is 0 Å². The van der Waals surface area contributed by atoms with Crippen molar-refractivity contribution >= 4 is 43.9 Å². The number of furan rings is 2. The molecule has 0 aliphatic carbocycles. The first kappa shape index (κ1) is 71.9. The lowest BCUT2D eigenvalue weighted by molar-refractivity contribution is 0.669. The zero-order valence-corrected chi connectivity index (χ0v) is 65.7. The van der Waals surface area contributed by atoms with Crippen LogP contribution in [0.5, 0.6) is 0 Å². The molecule has 0 radical (unpaired) electrons. The van der Waals surface area contributed by atoms with Crippen molar-refractivity contribution in [3.63, 3.8) is 0 Å². The van der Waals surface area contributed by atoms with E-state index in [1.54, 1.807) is 0 Å². The van der Waals surface area contributed by atoms with Crippen molar-refractivity contribution in [2.75, 3.05) is 0 Å². The predicted octanol–water partition coefficient (Wildman–Crippen LogP) is 28.4. The molecule has 16 aromatic carbocycles. The first-order valence-corrected chi connectivity index (χ1v) is 40.7. The van der Waals surface area contributed by atoms with E-state index in [0.717, 1.165) is 200 Å². The van der Waals surface area contributed by atoms with Gasteiger partial charge in [-0.3, -0.25) is 0 Å². The molecule has 0 spiro atoms. The van der Waals surface area contributed by atoms with Gasteiger partial charge < -0.3 is 8.83 Å². The van der Waals surface area contributed by atoms with Crippen molar-refractivity contribution in [3.8, 4) is 192 Å². The van der Waals surface area contributed by atoms with Gasteiger partial charge in [-0.1, -0.05) is 340 Å². The Kier molecular flexibility index (Phi) is 18.3. The zero-order valence-electron chi connectivity index (χ0n) is 65.7. The third kappa shape index (κ3) is 14.1. The maximum atomic E-state index is 6.82. The second kappa shape index (κ2) is 31.1. The van der Waals surface area contributed by atoms with Crippen LogP contribution in [0, 0.1) is 0 Å². The van der Waals surface area contributed by atoms with Crippen molar-refractivity contribution in [1.29, 1.82) is 0 Å². The Morgan fingerprint density at radius 1 is 0.131 bits per heavy atom. The van der Waals surface area contributed by atoms with Crippen LogP contribution in [0.1, 0.15) is 0 Å². The summed E-state index contributed by atoms with van der Waals surface area (Å²) in [4.78, 5) is 47.1. The van der Waals surface area contributed by atoms with E-state index in [9.17, 15) is 0 Å². The average molecular weight is 1560 g/mol. The summed E-state index contributed by atoms with van der Waals surface area (Å²) in [6.45, 7) is 0. The van der Waals surface area contributed by atoms with E-state index < -0.39 is 0 Å². The van der Waals surface area contributed by atoms with E-state index in [4.69, 9.17) is 53.7 Å². The number of aromatic nitrogens is 9. The maximum Gasteiger partial charge on any atom is 0.164 e. The Hall–Kier alpha value is -16.6. The molecule has 0 aliphatic rings. The molecule has 0 atom stereocenters. The number of para-hydroxylation sites is 2. The Morgan fingerprint density at radius 3 is 0.770 bits per heavy atom. The monoisotopic (exact) mass is 1560 g/mol. The highest BCUT2D eigenvalue weighted by Gasteiger charge is 2.23. The number of hydrogen-bond donors (Lipinski definition) is 0. The molecule has 0 aliphatic heterocycles. The van der Waals surface area contributed by atoms with Gasteiger partial charge >= 0.3 is 0 Å². The van der Waals surface area contributed by atoms with Gasteiger partial charge in [-0.25, -0.2) is 44.9 Å². The highest BCUT2D eigenvalue weighted by molar-refractivity contribution is 6.13. The molecule has 0 amide bonds. The first-order chi connectivity index (χ1) is 60.4. The average Bonchev–Trinajstić information content (AvgIpc) is 1.56. The summed E-state index contributed by atoms with van der Waals surface area (Å²) < 4.78 is 13.6. The molecule has 0 N–H and O–H groups in total. The maximum absolute atomic E-state index is 6.82. The van der Waals surface area contributed by atoms with Crippen LogP contribution in [0.2, 0.25) is 0 Å². The van der Waals surface area contributed by atoms with Gasteiger partial charge in [-0.15, -0.1) is 0 Å². The topological polar surface area (TPSA) is 142 Å². The fourth-order valence-corrected chi connectivity index (χ4v) is 16.4. The highest BCUT2D eigenvalue weighted by Crippen LogP contribution is 2.45. The van der Waals surface area contributed by atoms with E-state index in [1.165, 1.54) is 0 Å². The molecule has 0 saturated carbocycles. The van der Waals surface area contributed by atoms with E-state index >= 15 is 0 Å². The van der Waals surface area contributed by atoms with Crippen molar-refractivity contribution in [2.45, 2.75) is 0 Å². The lowest BCUT2D eigenvalue weighted by atomic mass is 9.94. The van der Waals surface area contributed by atoms with Gasteiger partial charge in [0.15, 0.2) is 34.9 Å². The minimum atomic E-state index is 0.542. The summed E-state index contributed by atoms with van der Waals surface area (Å²) in [5.41, 5.74) is 29.4. The molecule has 0 bridgehead atoms. The van der Waals surface area contributed by atoms with Crippen molar-refractivity contribution in [3.05, 3.63) is 419 Å². The molecule has 0 saturated heterocycles. The van der Waals surface area contributed by atoms with Crippen LogP contribution in [0.15, 0.2) is 427 Å². The van der Waals surface area contributed by atoms with Crippen LogP contribution in [-0.4, -0.2) is 44.9 Å². The van der Waals surface area contributed by atoms with Gasteiger partial charge in [-0.2, -0.15) is 0 Å². The Bertz CT molecular complexity index is 7600. The second-order valence-electron chi connectivity index (χ2n) is 30.4. The summed E-state index contributed by atoms with van der Waals surface area (Å²) in [6, 6.07) is 144. The zero-order chi connectivity index (χ0) is 80.8. The smallest absolute Gasteiger partial charge is 0.164 e. The molecular weight excluding hydrogens is 1490 g/mol. The van der Waals surface area contributed by atoms with Crippen molar-refractivity contribution in [1.82, 2.24) is 44.9 Å². The van der Waals surface area contributed by atoms with Crippen molar-refractivity contribution in [2.24, 2.45) is 0 Å². The minimum Gasteiger partial charge on any atom is -0.455 e. The van der Waals surface area contributed by atoms with Crippen LogP contribution in [0.4, 0.5) is 0 Å². The van der Waals surface area contributed by atoms with Gasteiger partial charge in [0.2, 0.25) is 0 Å². The molecule has 0 fully saturated rings. The van der Waals surface area contributed by atoms with Crippen LogP contribution in [0.3, 0.4) is 0 Å². The Balaban J connectivity index is 0.577. The lowest BCUT2D eigenvalue weighted by Crippen LogP contribution is -2.00. The largest absolute Gasteiger partial charge is 0.455 e. The summed E-state index contributed by atoms with van der Waals surface area (Å²) in [5, 5.41) is 4.10. The van der Waals surface area contributed by atoms with Crippen LogP contribution < -0.4 is 0 Å². The third-order valence-corrected chi connectivity index (χ3v) is 22.6. The Labute approximate surface area is 703 Å². The number of fused-ring (bicyclic) bond motifs is 6. The number of rotatable bonds is 17. The SMILES string of the molecule is c1ccc(-c2cc(-c3cccc(-c4cc(-c5ccc(-c6cc(-c7ccccc7)nc(-c7cccc(-c8ccc(-c9nc(-c%10ccccc%10)nc(-c%10cccc(-c%11cc(-c%12cccc(-c%13nc(-c%14ccccc%14)cc(-c%14ccccc%14)n%13)c%12)c%12oc%13ccccc%13c%12c%11)c%10)n9)cc8)c7)n6)cc5)cc5c4oc4ccccc45)c3)nc(-c3ccccc3)n2)cc1. The molecular formula is C111H69N9O2. The fraction of sp³-hybridized carbons (Fsp3) is 0. The standard InChI is InChI=1S/C111H69N9O2/c1-7-27-72(28-8-1)96-67-97(73-29-9-2-10-30-73)115-110(114-96)87-46-26-42-83(62-87)93-64-89(66-95-91-48-20-22-50-103(91)122-105(93)95)81-40-24-45-86(60-81)111-119-107(78-37-17-6-18-38-78)118-108(120-111)79-57-53-70(54-58-79)80-39-23-44-85(59-80)109-113-98(74-31-11-3-12-32-74)68-100(116-109)76-55-51-71(52-56-76)88-63-92(104-94(65-88)90-47-19-21-49-102(90)121-104)82-41-25-43-84(61-82)101-69-99(75-33-13-4-14-34-75)112-106(117-101)77-35-15-5-16-36-77/h1-69H. The predicted molar refractivity (Wildman–Crippen MR) is 494 cm³/mol.